The highest BCUT2D eigenvalue weighted by molar-refractivity contribution is 6.02. The van der Waals surface area contributed by atoms with Gasteiger partial charge in [0.25, 0.3) is 0 Å². The maximum atomic E-state index is 11.6. The second-order valence-corrected chi connectivity index (χ2v) is 3.70. The van der Waals surface area contributed by atoms with Crippen LogP contribution < -0.4 is 5.73 Å². The monoisotopic (exact) mass is 231 g/mol. The van der Waals surface area contributed by atoms with Crippen molar-refractivity contribution in [2.24, 2.45) is 0 Å². The molecule has 88 valence electrons. The quantitative estimate of drug-likeness (QED) is 0.796. The minimum absolute atomic E-state index is 0.0740. The molecule has 0 aliphatic carbocycles. The van der Waals surface area contributed by atoms with E-state index >= 15 is 0 Å². The Hall–Kier alpha value is -2.17. The number of ether oxygens (including phenoxy) is 1. The summed E-state index contributed by atoms with van der Waals surface area (Å²) in [5.74, 6) is -0.541. The molecule has 0 saturated heterocycles. The van der Waals surface area contributed by atoms with Gasteiger partial charge >= 0.3 is 5.97 Å². The molecule has 0 aliphatic rings. The van der Waals surface area contributed by atoms with Crippen LogP contribution in [0.15, 0.2) is 18.2 Å². The van der Waals surface area contributed by atoms with Crippen LogP contribution in [0.3, 0.4) is 0 Å². The first kappa shape index (κ1) is 11.3. The summed E-state index contributed by atoms with van der Waals surface area (Å²) in [5, 5.41) is 8.49. The standard InChI is InChI=1S/C12H13N3O2/c1-3-17-12(16)11-10(13)8-6-7(2)4-5-9(8)14-15-11/h4-6H,3H2,1-2H3,(H2,13,14). The molecule has 2 rings (SSSR count). The van der Waals surface area contributed by atoms with Crippen molar-refractivity contribution in [3.63, 3.8) is 0 Å². The predicted molar refractivity (Wildman–Crippen MR) is 64.6 cm³/mol. The lowest BCUT2D eigenvalue weighted by Crippen LogP contribution is -2.12. The van der Waals surface area contributed by atoms with Gasteiger partial charge in [0.1, 0.15) is 0 Å². The number of carbonyl (C=O) groups is 1. The summed E-state index contributed by atoms with van der Waals surface area (Å²) >= 11 is 0. The van der Waals surface area contributed by atoms with Crippen LogP contribution in [0.4, 0.5) is 5.69 Å². The van der Waals surface area contributed by atoms with E-state index in [1.165, 1.54) is 0 Å². The summed E-state index contributed by atoms with van der Waals surface area (Å²) in [5.41, 5.74) is 8.02. The number of benzene rings is 1. The van der Waals surface area contributed by atoms with Gasteiger partial charge in [0.15, 0.2) is 5.69 Å². The summed E-state index contributed by atoms with van der Waals surface area (Å²) in [6.45, 7) is 3.96. The number of esters is 1. The van der Waals surface area contributed by atoms with Gasteiger partial charge in [0.05, 0.1) is 17.8 Å². The predicted octanol–water partition coefficient (Wildman–Crippen LogP) is 1.70. The zero-order chi connectivity index (χ0) is 12.4. The number of aromatic nitrogens is 2. The first-order valence-corrected chi connectivity index (χ1v) is 5.33. The molecule has 0 unspecified atom stereocenters. The molecule has 0 bridgehead atoms. The highest BCUT2D eigenvalue weighted by Gasteiger charge is 2.16. The Labute approximate surface area is 98.6 Å². The first-order chi connectivity index (χ1) is 8.13. The van der Waals surface area contributed by atoms with Gasteiger partial charge in [-0.25, -0.2) is 4.79 Å². The van der Waals surface area contributed by atoms with Crippen molar-refractivity contribution in [3.8, 4) is 0 Å². The van der Waals surface area contributed by atoms with Crippen molar-refractivity contribution in [3.05, 3.63) is 29.5 Å². The Morgan fingerprint density at radius 2 is 2.18 bits per heavy atom. The fourth-order valence-corrected chi connectivity index (χ4v) is 1.59. The van der Waals surface area contributed by atoms with E-state index in [1.807, 2.05) is 25.1 Å². The van der Waals surface area contributed by atoms with Gasteiger partial charge in [-0.15, -0.1) is 10.2 Å². The maximum Gasteiger partial charge on any atom is 0.361 e. The van der Waals surface area contributed by atoms with Crippen LogP contribution in [0.5, 0.6) is 0 Å². The van der Waals surface area contributed by atoms with Crippen LogP contribution in [0.1, 0.15) is 23.0 Å². The number of aryl methyl sites for hydroxylation is 1. The second kappa shape index (κ2) is 4.37. The van der Waals surface area contributed by atoms with E-state index in [0.717, 1.165) is 10.9 Å². The first-order valence-electron chi connectivity index (χ1n) is 5.33. The van der Waals surface area contributed by atoms with E-state index in [-0.39, 0.29) is 12.3 Å². The van der Waals surface area contributed by atoms with Crippen LogP contribution in [0.25, 0.3) is 10.9 Å². The third-order valence-electron chi connectivity index (χ3n) is 2.42. The van der Waals surface area contributed by atoms with Crippen molar-refractivity contribution in [1.82, 2.24) is 10.2 Å². The van der Waals surface area contributed by atoms with Crippen LogP contribution in [0.2, 0.25) is 0 Å². The van der Waals surface area contributed by atoms with Crippen LogP contribution >= 0.6 is 0 Å². The third-order valence-corrected chi connectivity index (χ3v) is 2.42. The normalized spacial score (nSPS) is 10.5. The van der Waals surface area contributed by atoms with Gasteiger partial charge in [-0.1, -0.05) is 11.6 Å². The maximum absolute atomic E-state index is 11.6. The van der Waals surface area contributed by atoms with Crippen molar-refractivity contribution >= 4 is 22.6 Å². The molecule has 1 aromatic carbocycles. The minimum Gasteiger partial charge on any atom is -0.461 e. The molecule has 17 heavy (non-hydrogen) atoms. The molecular weight excluding hydrogens is 218 g/mol. The highest BCUT2D eigenvalue weighted by Crippen LogP contribution is 2.22. The molecule has 0 spiro atoms. The Morgan fingerprint density at radius 3 is 2.88 bits per heavy atom. The SMILES string of the molecule is CCOC(=O)c1nnc2ccc(C)cc2c1N. The molecule has 1 aromatic heterocycles. The largest absolute Gasteiger partial charge is 0.461 e. The number of anilines is 1. The van der Waals surface area contributed by atoms with Crippen LogP contribution in [-0.4, -0.2) is 22.8 Å². The number of hydrogen-bond donors (Lipinski definition) is 1. The van der Waals surface area contributed by atoms with E-state index in [1.54, 1.807) is 6.92 Å². The minimum atomic E-state index is -0.541. The summed E-state index contributed by atoms with van der Waals surface area (Å²) < 4.78 is 4.87. The Morgan fingerprint density at radius 1 is 1.41 bits per heavy atom. The average Bonchev–Trinajstić information content (AvgIpc) is 2.30. The fourth-order valence-electron chi connectivity index (χ4n) is 1.59. The molecule has 0 radical (unpaired) electrons. The summed E-state index contributed by atoms with van der Waals surface area (Å²) in [6, 6.07) is 5.62. The lowest BCUT2D eigenvalue weighted by molar-refractivity contribution is 0.0520. The van der Waals surface area contributed by atoms with E-state index in [9.17, 15) is 4.79 Å². The zero-order valence-corrected chi connectivity index (χ0v) is 9.73. The van der Waals surface area contributed by atoms with E-state index in [4.69, 9.17) is 10.5 Å². The fraction of sp³-hybridized carbons (Fsp3) is 0.250. The van der Waals surface area contributed by atoms with Gasteiger partial charge in [0, 0.05) is 5.39 Å². The lowest BCUT2D eigenvalue weighted by Gasteiger charge is -2.06. The van der Waals surface area contributed by atoms with Gasteiger partial charge < -0.3 is 10.5 Å². The lowest BCUT2D eigenvalue weighted by atomic mass is 10.1. The Balaban J connectivity index is 2.60. The molecular formula is C12H13N3O2. The molecule has 2 N–H and O–H groups in total. The molecule has 5 nitrogen and oxygen atoms in total. The number of hydrogen-bond acceptors (Lipinski definition) is 5. The van der Waals surface area contributed by atoms with Crippen molar-refractivity contribution in [2.75, 3.05) is 12.3 Å². The van der Waals surface area contributed by atoms with Gasteiger partial charge in [-0.2, -0.15) is 0 Å². The van der Waals surface area contributed by atoms with Gasteiger partial charge in [-0.05, 0) is 26.0 Å². The van der Waals surface area contributed by atoms with E-state index in [2.05, 4.69) is 10.2 Å². The van der Waals surface area contributed by atoms with Gasteiger partial charge in [-0.3, -0.25) is 0 Å². The van der Waals surface area contributed by atoms with E-state index < -0.39 is 5.97 Å². The molecule has 2 aromatic rings. The molecule has 0 aliphatic heterocycles. The molecule has 5 heteroatoms. The van der Waals surface area contributed by atoms with Crippen molar-refractivity contribution < 1.29 is 9.53 Å². The zero-order valence-electron chi connectivity index (χ0n) is 9.73. The second-order valence-electron chi connectivity index (χ2n) is 3.70. The molecule has 0 fully saturated rings. The number of nitrogens with zero attached hydrogens (tertiary/aromatic N) is 2. The summed E-state index contributed by atoms with van der Waals surface area (Å²) in [4.78, 5) is 11.6. The number of fused-ring (bicyclic) bond motifs is 1. The van der Waals surface area contributed by atoms with Crippen molar-refractivity contribution in [2.45, 2.75) is 13.8 Å². The highest BCUT2D eigenvalue weighted by atomic mass is 16.5. The number of carbonyl (C=O) groups excluding carboxylic acids is 1. The van der Waals surface area contributed by atoms with Crippen molar-refractivity contribution in [1.29, 1.82) is 0 Å². The molecule has 0 amide bonds. The third kappa shape index (κ3) is 2.04. The van der Waals surface area contributed by atoms with Crippen LogP contribution in [0, 0.1) is 6.92 Å². The summed E-state index contributed by atoms with van der Waals surface area (Å²) in [6.07, 6.45) is 0. The Bertz CT molecular complexity index is 581. The number of rotatable bonds is 2. The Kier molecular flexibility index (Phi) is 2.91. The molecule has 0 atom stereocenters. The number of nitrogens with two attached hydrogens (primary N) is 1. The van der Waals surface area contributed by atoms with Gasteiger partial charge in [0.2, 0.25) is 0 Å². The average molecular weight is 231 g/mol. The van der Waals surface area contributed by atoms with Crippen LogP contribution in [-0.2, 0) is 4.74 Å². The smallest absolute Gasteiger partial charge is 0.361 e. The summed E-state index contributed by atoms with van der Waals surface area (Å²) in [7, 11) is 0. The molecule has 1 heterocycles. The number of nitrogen functional groups attached to an aromatic ring is 1. The molecule has 0 saturated carbocycles. The topological polar surface area (TPSA) is 78.1 Å². The van der Waals surface area contributed by atoms with E-state index in [0.29, 0.717) is 11.2 Å².